The van der Waals surface area contributed by atoms with Crippen molar-refractivity contribution < 1.29 is 4.74 Å². The third-order valence-corrected chi connectivity index (χ3v) is 4.43. The number of anilines is 1. The van der Waals surface area contributed by atoms with Gasteiger partial charge in [-0.1, -0.05) is 15.9 Å². The highest BCUT2D eigenvalue weighted by atomic mass is 79.9. The van der Waals surface area contributed by atoms with Gasteiger partial charge >= 0.3 is 0 Å². The standard InChI is InChI=1S/C15H23BrN2O/c1-11(12-4-6-18(2)7-5-12)17-14-8-13(16)9-15(10-14)19-3/h8-12,17H,4-7H2,1-3H3. The first-order valence-electron chi connectivity index (χ1n) is 6.88. The number of rotatable bonds is 4. The van der Waals surface area contributed by atoms with E-state index in [1.807, 2.05) is 6.07 Å². The van der Waals surface area contributed by atoms with E-state index in [2.05, 4.69) is 52.3 Å². The Kier molecular flexibility index (Phi) is 5.11. The summed E-state index contributed by atoms with van der Waals surface area (Å²) in [5, 5.41) is 3.61. The highest BCUT2D eigenvalue weighted by Crippen LogP contribution is 2.27. The van der Waals surface area contributed by atoms with E-state index in [1.54, 1.807) is 7.11 Å². The van der Waals surface area contributed by atoms with Crippen LogP contribution < -0.4 is 10.1 Å². The van der Waals surface area contributed by atoms with Gasteiger partial charge in [-0.2, -0.15) is 0 Å². The van der Waals surface area contributed by atoms with Crippen LogP contribution in [0, 0.1) is 5.92 Å². The van der Waals surface area contributed by atoms with Crippen molar-refractivity contribution in [2.75, 3.05) is 32.6 Å². The summed E-state index contributed by atoms with van der Waals surface area (Å²) in [5.74, 6) is 1.63. The fourth-order valence-electron chi connectivity index (χ4n) is 2.67. The quantitative estimate of drug-likeness (QED) is 0.914. The predicted octanol–water partition coefficient (Wildman–Crippen LogP) is 3.60. The van der Waals surface area contributed by atoms with Crippen molar-refractivity contribution in [2.45, 2.75) is 25.8 Å². The second kappa shape index (κ2) is 6.62. The van der Waals surface area contributed by atoms with Gasteiger partial charge in [-0.25, -0.2) is 0 Å². The van der Waals surface area contributed by atoms with Gasteiger partial charge in [0.25, 0.3) is 0 Å². The Bertz CT molecular complexity index is 417. The number of methoxy groups -OCH3 is 1. The third-order valence-electron chi connectivity index (χ3n) is 3.97. The van der Waals surface area contributed by atoms with E-state index in [0.717, 1.165) is 21.8 Å². The minimum absolute atomic E-state index is 0.493. The molecular formula is C15H23BrN2O. The molecule has 0 radical (unpaired) electrons. The molecule has 1 aromatic carbocycles. The lowest BCUT2D eigenvalue weighted by Crippen LogP contribution is -2.37. The van der Waals surface area contributed by atoms with Crippen LogP contribution in [0.1, 0.15) is 19.8 Å². The number of piperidine rings is 1. The number of nitrogens with zero attached hydrogens (tertiary/aromatic N) is 1. The monoisotopic (exact) mass is 326 g/mol. The molecule has 1 atom stereocenters. The van der Waals surface area contributed by atoms with Crippen LogP contribution in [-0.2, 0) is 0 Å². The van der Waals surface area contributed by atoms with Crippen LogP contribution in [0.2, 0.25) is 0 Å². The molecule has 1 aliphatic rings. The molecule has 1 aliphatic heterocycles. The van der Waals surface area contributed by atoms with Gasteiger partial charge in [0.2, 0.25) is 0 Å². The zero-order valence-corrected chi connectivity index (χ0v) is 13.5. The Morgan fingerprint density at radius 2 is 2.00 bits per heavy atom. The van der Waals surface area contributed by atoms with Gasteiger partial charge in [0, 0.05) is 22.3 Å². The van der Waals surface area contributed by atoms with Gasteiger partial charge in [-0.15, -0.1) is 0 Å². The van der Waals surface area contributed by atoms with Crippen molar-refractivity contribution in [2.24, 2.45) is 5.92 Å². The molecule has 4 heteroatoms. The van der Waals surface area contributed by atoms with Crippen molar-refractivity contribution >= 4 is 21.6 Å². The van der Waals surface area contributed by atoms with Crippen LogP contribution in [0.4, 0.5) is 5.69 Å². The van der Waals surface area contributed by atoms with Crippen LogP contribution in [0.15, 0.2) is 22.7 Å². The molecule has 1 fully saturated rings. The maximum absolute atomic E-state index is 5.30. The Morgan fingerprint density at radius 1 is 1.32 bits per heavy atom. The molecule has 19 heavy (non-hydrogen) atoms. The largest absolute Gasteiger partial charge is 0.497 e. The number of likely N-dealkylation sites (tertiary alicyclic amines) is 1. The molecule has 0 spiro atoms. The van der Waals surface area contributed by atoms with E-state index in [1.165, 1.54) is 25.9 Å². The summed E-state index contributed by atoms with van der Waals surface area (Å²) >= 11 is 3.52. The summed E-state index contributed by atoms with van der Waals surface area (Å²) in [5.41, 5.74) is 1.12. The minimum atomic E-state index is 0.493. The highest BCUT2D eigenvalue weighted by molar-refractivity contribution is 9.10. The van der Waals surface area contributed by atoms with Crippen LogP contribution in [0.25, 0.3) is 0 Å². The van der Waals surface area contributed by atoms with Crippen molar-refractivity contribution in [1.29, 1.82) is 0 Å². The van der Waals surface area contributed by atoms with Crippen LogP contribution in [-0.4, -0.2) is 38.2 Å². The van der Waals surface area contributed by atoms with Crippen LogP contribution in [0.5, 0.6) is 5.75 Å². The van der Waals surface area contributed by atoms with Crippen LogP contribution >= 0.6 is 15.9 Å². The second-order valence-corrected chi connectivity index (χ2v) is 6.37. The van der Waals surface area contributed by atoms with Crippen molar-refractivity contribution in [3.05, 3.63) is 22.7 Å². The summed E-state index contributed by atoms with van der Waals surface area (Å²) in [7, 11) is 3.90. The van der Waals surface area contributed by atoms with E-state index in [9.17, 15) is 0 Å². The lowest BCUT2D eigenvalue weighted by atomic mass is 9.90. The number of hydrogen-bond donors (Lipinski definition) is 1. The summed E-state index contributed by atoms with van der Waals surface area (Å²) in [6.45, 7) is 4.69. The first-order valence-corrected chi connectivity index (χ1v) is 7.67. The average molecular weight is 327 g/mol. The van der Waals surface area contributed by atoms with E-state index >= 15 is 0 Å². The lowest BCUT2D eigenvalue weighted by molar-refractivity contribution is 0.208. The molecular weight excluding hydrogens is 304 g/mol. The molecule has 3 nitrogen and oxygen atoms in total. The normalized spacial score (nSPS) is 19.2. The average Bonchev–Trinajstić information content (AvgIpc) is 2.38. The Hall–Kier alpha value is -0.740. The van der Waals surface area contributed by atoms with E-state index < -0.39 is 0 Å². The molecule has 1 unspecified atom stereocenters. The third kappa shape index (κ3) is 4.11. The molecule has 2 rings (SSSR count). The summed E-state index contributed by atoms with van der Waals surface area (Å²) in [6.07, 6.45) is 2.55. The maximum atomic E-state index is 5.30. The zero-order chi connectivity index (χ0) is 13.8. The van der Waals surface area contributed by atoms with Crippen molar-refractivity contribution in [1.82, 2.24) is 4.90 Å². The maximum Gasteiger partial charge on any atom is 0.122 e. The topological polar surface area (TPSA) is 24.5 Å². The van der Waals surface area contributed by atoms with Crippen LogP contribution in [0.3, 0.4) is 0 Å². The number of ether oxygens (including phenoxy) is 1. The van der Waals surface area contributed by atoms with Crippen molar-refractivity contribution in [3.63, 3.8) is 0 Å². The lowest BCUT2D eigenvalue weighted by Gasteiger charge is -2.33. The molecule has 0 bridgehead atoms. The highest BCUT2D eigenvalue weighted by Gasteiger charge is 2.22. The zero-order valence-electron chi connectivity index (χ0n) is 11.9. The SMILES string of the molecule is COc1cc(Br)cc(NC(C)C2CCN(C)CC2)c1. The molecule has 1 saturated heterocycles. The molecule has 106 valence electrons. The first kappa shape index (κ1) is 14.7. The van der Waals surface area contributed by atoms with Gasteiger partial charge in [0.05, 0.1) is 7.11 Å². The Labute approximate surface area is 124 Å². The molecule has 0 saturated carbocycles. The van der Waals surface area contributed by atoms with E-state index in [0.29, 0.717) is 6.04 Å². The van der Waals surface area contributed by atoms with Gasteiger partial charge < -0.3 is 15.0 Å². The van der Waals surface area contributed by atoms with Crippen molar-refractivity contribution in [3.8, 4) is 5.75 Å². The number of halogens is 1. The molecule has 0 amide bonds. The summed E-state index contributed by atoms with van der Waals surface area (Å²) in [6, 6.07) is 6.63. The molecule has 1 aromatic rings. The first-order chi connectivity index (χ1) is 9.08. The van der Waals surface area contributed by atoms with Gasteiger partial charge in [-0.05, 0) is 58.0 Å². The minimum Gasteiger partial charge on any atom is -0.497 e. The fraction of sp³-hybridized carbons (Fsp3) is 0.600. The molecule has 1 N–H and O–H groups in total. The van der Waals surface area contributed by atoms with E-state index in [4.69, 9.17) is 4.74 Å². The van der Waals surface area contributed by atoms with Gasteiger partial charge in [0.15, 0.2) is 0 Å². The number of benzene rings is 1. The second-order valence-electron chi connectivity index (χ2n) is 5.45. The Balaban J connectivity index is 1.98. The van der Waals surface area contributed by atoms with Gasteiger partial charge in [-0.3, -0.25) is 0 Å². The fourth-order valence-corrected chi connectivity index (χ4v) is 3.15. The summed E-state index contributed by atoms with van der Waals surface area (Å²) in [4.78, 5) is 2.41. The smallest absolute Gasteiger partial charge is 0.122 e. The number of nitrogens with one attached hydrogen (secondary N) is 1. The molecule has 1 heterocycles. The Morgan fingerprint density at radius 3 is 2.63 bits per heavy atom. The van der Waals surface area contributed by atoms with E-state index in [-0.39, 0.29) is 0 Å². The molecule has 0 aliphatic carbocycles. The summed E-state index contributed by atoms with van der Waals surface area (Å²) < 4.78 is 6.35. The van der Waals surface area contributed by atoms with Gasteiger partial charge in [0.1, 0.15) is 5.75 Å². The molecule has 0 aromatic heterocycles. The number of hydrogen-bond acceptors (Lipinski definition) is 3. The predicted molar refractivity (Wildman–Crippen MR) is 84.0 cm³/mol.